The van der Waals surface area contributed by atoms with Gasteiger partial charge in [-0.25, -0.2) is 0 Å². The lowest BCUT2D eigenvalue weighted by atomic mass is 9.79. The Bertz CT molecular complexity index is 243. The Morgan fingerprint density at radius 3 is 1.86 bits per heavy atom. The van der Waals surface area contributed by atoms with Gasteiger partial charge in [0.1, 0.15) is 5.78 Å². The minimum Gasteiger partial charge on any atom is -0.299 e. The number of rotatable bonds is 3. The molecule has 0 fully saturated rings. The highest BCUT2D eigenvalue weighted by atomic mass is 19.3. The molecule has 0 unspecified atom stereocenters. The first-order valence-electron chi connectivity index (χ1n) is 4.62. The topological polar surface area (TPSA) is 17.1 Å². The molecule has 0 aliphatic carbocycles. The summed E-state index contributed by atoms with van der Waals surface area (Å²) in [6.07, 6.45) is -0.762. The summed E-state index contributed by atoms with van der Waals surface area (Å²) in [5.74, 6) is -0.155. The molecule has 82 valence electrons. The number of hydrogen-bond acceptors (Lipinski definition) is 1. The molecule has 0 radical (unpaired) electrons. The summed E-state index contributed by atoms with van der Waals surface area (Å²) >= 11 is 0. The van der Waals surface area contributed by atoms with Gasteiger partial charge in [-0.05, 0) is 25.3 Å². The first kappa shape index (κ1) is 13.3. The average molecular weight is 204 g/mol. The van der Waals surface area contributed by atoms with E-state index in [1.54, 1.807) is 0 Å². The number of halogens is 2. The summed E-state index contributed by atoms with van der Waals surface area (Å²) in [7, 11) is 0. The molecular formula is C11H18F2O. The number of carbonyl (C=O) groups excluding carboxylic acids is 1. The fourth-order valence-corrected chi connectivity index (χ4v) is 1.06. The van der Waals surface area contributed by atoms with Gasteiger partial charge >= 0.3 is 0 Å². The van der Waals surface area contributed by atoms with Gasteiger partial charge in [-0.1, -0.05) is 20.8 Å². The van der Waals surface area contributed by atoms with Gasteiger partial charge in [0, 0.05) is 11.8 Å². The highest BCUT2D eigenvalue weighted by molar-refractivity contribution is 5.86. The van der Waals surface area contributed by atoms with Crippen molar-refractivity contribution in [3.8, 4) is 0 Å². The fourth-order valence-electron chi connectivity index (χ4n) is 1.06. The van der Waals surface area contributed by atoms with Crippen molar-refractivity contribution in [3.05, 3.63) is 12.2 Å². The van der Waals surface area contributed by atoms with E-state index in [1.807, 2.05) is 20.8 Å². The van der Waals surface area contributed by atoms with Crippen LogP contribution in [0.2, 0.25) is 0 Å². The minimum atomic E-state index is -1.79. The van der Waals surface area contributed by atoms with Gasteiger partial charge in [0.2, 0.25) is 0 Å². The van der Waals surface area contributed by atoms with Crippen LogP contribution in [-0.2, 0) is 4.79 Å². The van der Waals surface area contributed by atoms with Crippen LogP contribution >= 0.6 is 0 Å². The van der Waals surface area contributed by atoms with Crippen molar-refractivity contribution in [1.29, 1.82) is 0 Å². The van der Waals surface area contributed by atoms with Crippen LogP contribution in [-0.4, -0.2) is 5.78 Å². The molecule has 0 aromatic carbocycles. The summed E-state index contributed by atoms with van der Waals surface area (Å²) in [4.78, 5) is 11.6. The summed E-state index contributed by atoms with van der Waals surface area (Å²) in [6.45, 7) is 8.77. The zero-order valence-electron chi connectivity index (χ0n) is 9.45. The van der Waals surface area contributed by atoms with E-state index < -0.39 is 11.5 Å². The maximum atomic E-state index is 12.0. The van der Waals surface area contributed by atoms with Gasteiger partial charge in [-0.15, -0.1) is 0 Å². The van der Waals surface area contributed by atoms with Crippen molar-refractivity contribution in [2.24, 2.45) is 10.8 Å². The van der Waals surface area contributed by atoms with Crippen LogP contribution in [0.1, 0.15) is 41.0 Å². The molecule has 14 heavy (non-hydrogen) atoms. The molecule has 3 heteroatoms. The van der Waals surface area contributed by atoms with E-state index >= 15 is 0 Å². The van der Waals surface area contributed by atoms with Crippen molar-refractivity contribution in [2.75, 3.05) is 0 Å². The van der Waals surface area contributed by atoms with Crippen molar-refractivity contribution in [3.63, 3.8) is 0 Å². The molecule has 0 aromatic rings. The van der Waals surface area contributed by atoms with Gasteiger partial charge in [0.25, 0.3) is 6.08 Å². The van der Waals surface area contributed by atoms with Crippen LogP contribution in [0.4, 0.5) is 8.78 Å². The minimum absolute atomic E-state index is 0.155. The molecule has 0 N–H and O–H groups in total. The standard InChI is InChI=1S/C11H18F2O/c1-10(2,3)6-8(14)11(4,5)7-9(12)13/h7H,6H2,1-5H3. The lowest BCUT2D eigenvalue weighted by Crippen LogP contribution is -2.26. The molecule has 0 heterocycles. The lowest BCUT2D eigenvalue weighted by molar-refractivity contribution is -0.126. The monoisotopic (exact) mass is 204 g/mol. The van der Waals surface area contributed by atoms with E-state index in [-0.39, 0.29) is 11.2 Å². The molecule has 0 bridgehead atoms. The van der Waals surface area contributed by atoms with Crippen LogP contribution in [0, 0.1) is 10.8 Å². The van der Waals surface area contributed by atoms with Crippen LogP contribution < -0.4 is 0 Å². The van der Waals surface area contributed by atoms with Crippen LogP contribution in [0.15, 0.2) is 12.2 Å². The van der Waals surface area contributed by atoms with Crippen molar-refractivity contribution >= 4 is 5.78 Å². The zero-order chi connectivity index (χ0) is 11.6. The van der Waals surface area contributed by atoms with Gasteiger partial charge in [0.05, 0.1) is 0 Å². The van der Waals surface area contributed by atoms with Crippen molar-refractivity contribution < 1.29 is 13.6 Å². The molecule has 0 aromatic heterocycles. The maximum Gasteiger partial charge on any atom is 0.267 e. The van der Waals surface area contributed by atoms with Gasteiger partial charge in [-0.2, -0.15) is 8.78 Å². The maximum absolute atomic E-state index is 12.0. The summed E-state index contributed by atoms with van der Waals surface area (Å²) in [5, 5.41) is 0. The van der Waals surface area contributed by atoms with Gasteiger partial charge in [0.15, 0.2) is 0 Å². The first-order valence-corrected chi connectivity index (χ1v) is 4.62. The Morgan fingerprint density at radius 1 is 1.14 bits per heavy atom. The summed E-state index contributed by atoms with van der Waals surface area (Å²) in [6, 6.07) is 0. The third kappa shape index (κ3) is 5.10. The molecule has 0 aliphatic rings. The van der Waals surface area contributed by atoms with E-state index in [1.165, 1.54) is 13.8 Å². The molecule has 1 nitrogen and oxygen atoms in total. The molecule has 0 rings (SSSR count). The predicted octanol–water partition coefficient (Wildman–Crippen LogP) is 3.80. The fraction of sp³-hybridized carbons (Fsp3) is 0.727. The molecule has 0 aliphatic heterocycles. The molecule has 0 spiro atoms. The van der Waals surface area contributed by atoms with E-state index in [0.717, 1.165) is 6.08 Å². The normalized spacial score (nSPS) is 12.5. The molecule has 0 saturated carbocycles. The Morgan fingerprint density at radius 2 is 1.57 bits per heavy atom. The number of hydrogen-bond donors (Lipinski definition) is 0. The van der Waals surface area contributed by atoms with E-state index in [2.05, 4.69) is 0 Å². The number of Topliss-reactive ketones (excluding diaryl/α,β-unsaturated/α-hetero) is 1. The second-order valence-electron chi connectivity index (χ2n) is 5.32. The smallest absolute Gasteiger partial charge is 0.267 e. The average Bonchev–Trinajstić information content (AvgIpc) is 1.79. The summed E-state index contributed by atoms with van der Waals surface area (Å²) in [5.41, 5.74) is -1.22. The molecule has 0 amide bonds. The zero-order valence-corrected chi connectivity index (χ0v) is 9.45. The van der Waals surface area contributed by atoms with E-state index in [4.69, 9.17) is 0 Å². The van der Waals surface area contributed by atoms with Gasteiger partial charge < -0.3 is 0 Å². The van der Waals surface area contributed by atoms with E-state index in [0.29, 0.717) is 6.42 Å². The number of allylic oxidation sites excluding steroid dienone is 1. The van der Waals surface area contributed by atoms with Crippen LogP contribution in [0.5, 0.6) is 0 Å². The lowest BCUT2D eigenvalue weighted by Gasteiger charge is -2.24. The van der Waals surface area contributed by atoms with Crippen molar-refractivity contribution in [2.45, 2.75) is 41.0 Å². The third-order valence-corrected chi connectivity index (χ3v) is 1.88. The quantitative estimate of drug-likeness (QED) is 0.683. The second kappa shape index (κ2) is 4.20. The second-order valence-corrected chi connectivity index (χ2v) is 5.32. The van der Waals surface area contributed by atoms with E-state index in [9.17, 15) is 13.6 Å². The highest BCUT2D eigenvalue weighted by Crippen LogP contribution is 2.29. The Hall–Kier alpha value is -0.730. The molecular weight excluding hydrogens is 186 g/mol. The molecule has 0 atom stereocenters. The van der Waals surface area contributed by atoms with Crippen molar-refractivity contribution in [1.82, 2.24) is 0 Å². The number of carbonyl (C=O) groups is 1. The number of ketones is 1. The van der Waals surface area contributed by atoms with Gasteiger partial charge in [-0.3, -0.25) is 4.79 Å². The Labute approximate surface area is 84.2 Å². The third-order valence-electron chi connectivity index (χ3n) is 1.88. The highest BCUT2D eigenvalue weighted by Gasteiger charge is 2.29. The Balaban J connectivity index is 4.61. The van der Waals surface area contributed by atoms with Crippen LogP contribution in [0.25, 0.3) is 0 Å². The Kier molecular flexibility index (Phi) is 3.98. The largest absolute Gasteiger partial charge is 0.299 e. The van der Waals surface area contributed by atoms with Crippen LogP contribution in [0.3, 0.4) is 0 Å². The molecule has 0 saturated heterocycles. The summed E-state index contributed by atoms with van der Waals surface area (Å²) < 4.78 is 24.1. The SMILES string of the molecule is CC(C)(C)CC(=O)C(C)(C)C=C(F)F. The first-order chi connectivity index (χ1) is 6.04. The predicted molar refractivity (Wildman–Crippen MR) is 53.2 cm³/mol.